The molecule has 0 spiro atoms. The van der Waals surface area contributed by atoms with Gasteiger partial charge in [-0.1, -0.05) is 54.6 Å². The Morgan fingerprint density at radius 2 is 0.606 bits per heavy atom. The van der Waals surface area contributed by atoms with Gasteiger partial charge in [0.25, 0.3) is 17.7 Å². The van der Waals surface area contributed by atoms with Gasteiger partial charge in [-0.3, -0.25) is 14.4 Å². The van der Waals surface area contributed by atoms with Crippen LogP contribution in [0, 0.1) is 0 Å². The zero-order valence-electron chi connectivity index (χ0n) is 17.7. The van der Waals surface area contributed by atoms with Crippen LogP contribution in [0.25, 0.3) is 0 Å². The summed E-state index contributed by atoms with van der Waals surface area (Å²) < 4.78 is 0. The predicted octanol–water partition coefficient (Wildman–Crippen LogP) is 2.68. The van der Waals surface area contributed by atoms with Crippen LogP contribution in [0.15, 0.2) is 91.0 Å². The van der Waals surface area contributed by atoms with Gasteiger partial charge in [0.2, 0.25) is 0 Å². The molecule has 0 aromatic heterocycles. The van der Waals surface area contributed by atoms with E-state index in [1.54, 1.807) is 0 Å². The molecule has 4 aliphatic rings. The van der Waals surface area contributed by atoms with Crippen LogP contribution in [-0.4, -0.2) is 68.7 Å². The van der Waals surface area contributed by atoms with Crippen LogP contribution >= 0.6 is 0 Å². The lowest BCUT2D eigenvalue weighted by atomic mass is 10.0. The zero-order valence-corrected chi connectivity index (χ0v) is 17.7. The van der Waals surface area contributed by atoms with E-state index < -0.39 is 0 Å². The Labute approximate surface area is 191 Å². The van der Waals surface area contributed by atoms with Gasteiger partial charge < -0.3 is 14.7 Å². The molecule has 0 N–H and O–H groups in total. The third kappa shape index (κ3) is 2.58. The van der Waals surface area contributed by atoms with Crippen molar-refractivity contribution in [3.63, 3.8) is 0 Å². The summed E-state index contributed by atoms with van der Waals surface area (Å²) in [7, 11) is 0. The van der Waals surface area contributed by atoms with E-state index in [1.807, 2.05) is 106 Å². The molecular formula is C27H21N3O3. The maximum Gasteiger partial charge on any atom is 0.254 e. The SMILES string of the molecule is O=C(c1ccccc1)N1C2C3C(C4C(C21)N4C(=O)c1ccccc1)N3C(=O)c1ccccc1. The third-order valence-corrected chi connectivity index (χ3v) is 7.52. The first kappa shape index (κ1) is 18.6. The molecule has 3 saturated heterocycles. The Morgan fingerprint density at radius 3 is 0.818 bits per heavy atom. The number of carbonyl (C=O) groups is 3. The molecule has 0 unspecified atom stereocenters. The van der Waals surface area contributed by atoms with E-state index >= 15 is 0 Å². The number of benzene rings is 3. The maximum atomic E-state index is 13.3. The average molecular weight is 435 g/mol. The van der Waals surface area contributed by atoms with Crippen LogP contribution in [-0.2, 0) is 0 Å². The number of likely N-dealkylation sites (tertiary alicyclic amines) is 3. The minimum absolute atomic E-state index is 0.0250. The van der Waals surface area contributed by atoms with Crippen molar-refractivity contribution in [2.75, 3.05) is 0 Å². The van der Waals surface area contributed by atoms with E-state index in [9.17, 15) is 14.4 Å². The molecule has 3 aromatic carbocycles. The Bertz CT molecular complexity index is 1080. The fraction of sp³-hybridized carbons (Fsp3) is 0.222. The highest BCUT2D eigenvalue weighted by Gasteiger charge is 2.84. The first-order valence-electron chi connectivity index (χ1n) is 11.3. The van der Waals surface area contributed by atoms with Crippen molar-refractivity contribution >= 4 is 17.7 Å². The summed E-state index contributed by atoms with van der Waals surface area (Å²) in [5, 5.41) is 0. The molecule has 6 nitrogen and oxygen atoms in total. The highest BCUT2D eigenvalue weighted by molar-refractivity contribution is 6.02. The lowest BCUT2D eigenvalue weighted by Gasteiger charge is -2.06. The topological polar surface area (TPSA) is 60.2 Å². The quantitative estimate of drug-likeness (QED) is 0.595. The largest absolute Gasteiger partial charge is 0.324 e. The summed E-state index contributed by atoms with van der Waals surface area (Å²) in [6.07, 6.45) is 0. The summed E-state index contributed by atoms with van der Waals surface area (Å²) in [6, 6.07) is 27.5. The van der Waals surface area contributed by atoms with Gasteiger partial charge >= 0.3 is 0 Å². The summed E-state index contributed by atoms with van der Waals surface area (Å²) in [4.78, 5) is 45.6. The summed E-state index contributed by atoms with van der Waals surface area (Å²) in [5.41, 5.74) is 1.93. The zero-order chi connectivity index (χ0) is 22.3. The summed E-state index contributed by atoms with van der Waals surface area (Å²) in [6.45, 7) is 0. The second-order valence-corrected chi connectivity index (χ2v) is 9.18. The van der Waals surface area contributed by atoms with Gasteiger partial charge in [-0.25, -0.2) is 0 Å². The molecule has 0 radical (unpaired) electrons. The van der Waals surface area contributed by atoms with Crippen molar-refractivity contribution in [2.45, 2.75) is 36.3 Å². The third-order valence-electron chi connectivity index (χ3n) is 7.52. The second kappa shape index (κ2) is 6.54. The number of amides is 3. The van der Waals surface area contributed by atoms with E-state index in [1.165, 1.54) is 0 Å². The first-order chi connectivity index (χ1) is 16.2. The molecule has 33 heavy (non-hydrogen) atoms. The Balaban J connectivity index is 1.22. The van der Waals surface area contributed by atoms with E-state index in [0.29, 0.717) is 16.7 Å². The van der Waals surface area contributed by atoms with Crippen LogP contribution < -0.4 is 0 Å². The molecule has 0 atom stereocenters. The molecule has 0 bridgehead atoms. The average Bonchev–Trinajstić information content (AvgIpc) is 3.77. The second-order valence-electron chi connectivity index (χ2n) is 9.18. The van der Waals surface area contributed by atoms with Crippen molar-refractivity contribution in [1.82, 2.24) is 14.7 Å². The van der Waals surface area contributed by atoms with Gasteiger partial charge in [0, 0.05) is 16.7 Å². The smallest absolute Gasteiger partial charge is 0.254 e. The highest BCUT2D eigenvalue weighted by atomic mass is 16.2. The van der Waals surface area contributed by atoms with Crippen molar-refractivity contribution in [3.05, 3.63) is 108 Å². The monoisotopic (exact) mass is 435 g/mol. The number of rotatable bonds is 3. The van der Waals surface area contributed by atoms with Gasteiger partial charge in [0.05, 0.1) is 36.3 Å². The van der Waals surface area contributed by atoms with E-state index in [2.05, 4.69) is 0 Å². The predicted molar refractivity (Wildman–Crippen MR) is 121 cm³/mol. The Morgan fingerprint density at radius 1 is 0.394 bits per heavy atom. The molecule has 4 fully saturated rings. The molecule has 3 aliphatic heterocycles. The lowest BCUT2D eigenvalue weighted by Crippen LogP contribution is -2.21. The van der Waals surface area contributed by atoms with Crippen molar-refractivity contribution in [2.24, 2.45) is 0 Å². The summed E-state index contributed by atoms with van der Waals surface area (Å²) in [5.74, 6) is -0.0749. The van der Waals surface area contributed by atoms with Gasteiger partial charge in [0.1, 0.15) is 0 Å². The van der Waals surface area contributed by atoms with E-state index in [4.69, 9.17) is 0 Å². The molecule has 3 aromatic rings. The molecular weight excluding hydrogens is 414 g/mol. The minimum Gasteiger partial charge on any atom is -0.324 e. The molecule has 6 heteroatoms. The summed E-state index contributed by atoms with van der Waals surface area (Å²) >= 11 is 0. The van der Waals surface area contributed by atoms with Crippen LogP contribution in [0.4, 0.5) is 0 Å². The van der Waals surface area contributed by atoms with E-state index in [-0.39, 0.29) is 54.0 Å². The number of hydrogen-bond acceptors (Lipinski definition) is 3. The first-order valence-corrected chi connectivity index (χ1v) is 11.3. The normalized spacial score (nSPS) is 30.0. The minimum atomic E-state index is -0.0369. The standard InChI is InChI=1S/C27H21N3O3/c31-25(16-10-4-1-5-11-16)28-19-20(28)22-24(30(22)27(33)18-14-8-3-9-15-18)23-21(19)29(23)26(32)17-12-6-2-7-13-17/h1-15,19-24H. The van der Waals surface area contributed by atoms with E-state index in [0.717, 1.165) is 0 Å². The fourth-order valence-corrected chi connectivity index (χ4v) is 6.01. The number of hydrogen-bond donors (Lipinski definition) is 0. The maximum absolute atomic E-state index is 13.3. The molecule has 7 rings (SSSR count). The van der Waals surface area contributed by atoms with Gasteiger partial charge in [-0.05, 0) is 36.4 Å². The number of nitrogens with zero attached hydrogens (tertiary/aromatic N) is 3. The van der Waals surface area contributed by atoms with Crippen molar-refractivity contribution < 1.29 is 14.4 Å². The van der Waals surface area contributed by atoms with Crippen molar-refractivity contribution in [1.29, 1.82) is 0 Å². The van der Waals surface area contributed by atoms with Crippen LogP contribution in [0.2, 0.25) is 0 Å². The van der Waals surface area contributed by atoms with Crippen molar-refractivity contribution in [3.8, 4) is 0 Å². The lowest BCUT2D eigenvalue weighted by molar-refractivity contribution is 0.0832. The fourth-order valence-electron chi connectivity index (χ4n) is 6.01. The molecule has 162 valence electrons. The Kier molecular flexibility index (Phi) is 3.69. The van der Waals surface area contributed by atoms with Crippen LogP contribution in [0.1, 0.15) is 31.1 Å². The molecule has 3 heterocycles. The number of carbonyl (C=O) groups excluding carboxylic acids is 3. The molecule has 1 saturated carbocycles. The van der Waals surface area contributed by atoms with Gasteiger partial charge in [-0.2, -0.15) is 0 Å². The number of fused-ring (bicyclic) bond motifs is 6. The van der Waals surface area contributed by atoms with Gasteiger partial charge in [-0.15, -0.1) is 0 Å². The molecule has 3 amide bonds. The molecule has 1 aliphatic carbocycles. The van der Waals surface area contributed by atoms with Gasteiger partial charge in [0.15, 0.2) is 0 Å². The van der Waals surface area contributed by atoms with Crippen LogP contribution in [0.5, 0.6) is 0 Å². The van der Waals surface area contributed by atoms with Crippen LogP contribution in [0.3, 0.4) is 0 Å². The Hall–Kier alpha value is -3.93. The highest BCUT2D eigenvalue weighted by Crippen LogP contribution is 2.62.